The first-order valence-corrected chi connectivity index (χ1v) is 7.37. The highest BCUT2D eigenvalue weighted by molar-refractivity contribution is 7.89. The van der Waals surface area contributed by atoms with E-state index in [-0.39, 0.29) is 18.0 Å². The third-order valence-electron chi connectivity index (χ3n) is 2.10. The molecule has 20 heavy (non-hydrogen) atoms. The SMILES string of the molecule is C=CCN(NC(=O)OCC)NS(=O)(=O)c1ccccc1. The summed E-state index contributed by atoms with van der Waals surface area (Å²) in [5.41, 5.74) is 2.26. The average molecular weight is 299 g/mol. The van der Waals surface area contributed by atoms with Crippen LogP contribution in [0.3, 0.4) is 0 Å². The molecule has 8 heteroatoms. The molecular weight excluding hydrogens is 282 g/mol. The second-order valence-electron chi connectivity index (χ2n) is 3.64. The molecule has 0 aliphatic heterocycles. The number of nitrogens with zero attached hydrogens (tertiary/aromatic N) is 1. The minimum Gasteiger partial charge on any atom is -0.449 e. The van der Waals surface area contributed by atoms with Crippen molar-refractivity contribution in [2.24, 2.45) is 0 Å². The fourth-order valence-electron chi connectivity index (χ4n) is 1.31. The van der Waals surface area contributed by atoms with Crippen molar-refractivity contribution in [1.82, 2.24) is 15.4 Å². The Hall–Kier alpha value is -1.90. The largest absolute Gasteiger partial charge is 0.449 e. The maximum absolute atomic E-state index is 12.1. The maximum atomic E-state index is 12.1. The van der Waals surface area contributed by atoms with Crippen molar-refractivity contribution in [1.29, 1.82) is 0 Å². The first-order valence-electron chi connectivity index (χ1n) is 5.89. The van der Waals surface area contributed by atoms with Gasteiger partial charge in [0.15, 0.2) is 0 Å². The van der Waals surface area contributed by atoms with Crippen LogP contribution < -0.4 is 10.3 Å². The summed E-state index contributed by atoms with van der Waals surface area (Å²) in [6.07, 6.45) is 0.671. The van der Waals surface area contributed by atoms with Crippen LogP contribution >= 0.6 is 0 Å². The number of sulfonamides is 1. The number of hydrogen-bond acceptors (Lipinski definition) is 5. The molecule has 110 valence electrons. The lowest BCUT2D eigenvalue weighted by molar-refractivity contribution is 0.105. The van der Waals surface area contributed by atoms with Crippen LogP contribution in [0.25, 0.3) is 0 Å². The second-order valence-corrected chi connectivity index (χ2v) is 5.30. The Morgan fingerprint density at radius 3 is 2.60 bits per heavy atom. The summed E-state index contributed by atoms with van der Waals surface area (Å²) in [4.78, 5) is 13.6. The van der Waals surface area contributed by atoms with E-state index in [4.69, 9.17) is 0 Å². The van der Waals surface area contributed by atoms with Gasteiger partial charge in [-0.3, -0.25) is 0 Å². The van der Waals surface area contributed by atoms with Crippen LogP contribution in [0.2, 0.25) is 0 Å². The number of amides is 1. The van der Waals surface area contributed by atoms with Crippen LogP contribution in [-0.4, -0.2) is 32.8 Å². The predicted octanol–water partition coefficient (Wildman–Crippen LogP) is 1.03. The molecule has 0 saturated heterocycles. The van der Waals surface area contributed by atoms with E-state index in [1.807, 2.05) is 0 Å². The Labute approximate surface area is 118 Å². The normalized spacial score (nSPS) is 11.1. The summed E-state index contributed by atoms with van der Waals surface area (Å²) in [6.45, 7) is 5.39. The minimum atomic E-state index is -3.78. The highest BCUT2D eigenvalue weighted by Crippen LogP contribution is 2.07. The summed E-state index contributed by atoms with van der Waals surface area (Å²) in [5.74, 6) is 0. The monoisotopic (exact) mass is 299 g/mol. The zero-order chi connectivity index (χ0) is 15.0. The number of ether oxygens (including phenoxy) is 1. The molecule has 0 aromatic heterocycles. The fourth-order valence-corrected chi connectivity index (χ4v) is 2.34. The van der Waals surface area contributed by atoms with Gasteiger partial charge in [0.2, 0.25) is 0 Å². The molecule has 0 aliphatic carbocycles. The molecule has 0 unspecified atom stereocenters. The molecule has 0 fully saturated rings. The third kappa shape index (κ3) is 5.00. The quantitative estimate of drug-likeness (QED) is 0.580. The Kier molecular flexibility index (Phi) is 6.16. The Morgan fingerprint density at radius 1 is 1.40 bits per heavy atom. The molecule has 1 aromatic rings. The number of carbonyl (C=O) groups excluding carboxylic acids is 1. The summed E-state index contributed by atoms with van der Waals surface area (Å²) in [7, 11) is -3.78. The molecule has 2 N–H and O–H groups in total. The Bertz CT molecular complexity index is 545. The van der Waals surface area contributed by atoms with Crippen molar-refractivity contribution in [3.8, 4) is 0 Å². The van der Waals surface area contributed by atoms with Gasteiger partial charge in [-0.25, -0.2) is 18.6 Å². The Balaban J connectivity index is 2.79. The molecule has 0 atom stereocenters. The lowest BCUT2D eigenvalue weighted by Gasteiger charge is -2.21. The lowest BCUT2D eigenvalue weighted by Crippen LogP contribution is -2.52. The van der Waals surface area contributed by atoms with Crippen LogP contribution in [0.5, 0.6) is 0 Å². The standard InChI is InChI=1S/C12H17N3O4S/c1-3-10-15(13-12(16)19-4-2)14-20(17,18)11-8-6-5-7-9-11/h3,5-9,14H,1,4,10H2,2H3,(H,13,16). The molecule has 7 nitrogen and oxygen atoms in total. The molecule has 0 heterocycles. The number of hydrogen-bond donors (Lipinski definition) is 2. The van der Waals surface area contributed by atoms with Gasteiger partial charge in [0.1, 0.15) is 0 Å². The fraction of sp³-hybridized carbons (Fsp3) is 0.250. The number of carbonyl (C=O) groups is 1. The van der Waals surface area contributed by atoms with Crippen molar-refractivity contribution in [2.45, 2.75) is 11.8 Å². The summed E-state index contributed by atoms with van der Waals surface area (Å²) in [5, 5.41) is 0.979. The minimum absolute atomic E-state index is 0.0743. The first kappa shape index (κ1) is 16.2. The number of rotatable bonds is 7. The van der Waals surface area contributed by atoms with Crippen molar-refractivity contribution < 1.29 is 17.9 Å². The predicted molar refractivity (Wildman–Crippen MR) is 73.8 cm³/mol. The average Bonchev–Trinajstić information content (AvgIpc) is 2.39. The van der Waals surface area contributed by atoms with E-state index in [1.54, 1.807) is 25.1 Å². The van der Waals surface area contributed by atoms with Crippen molar-refractivity contribution >= 4 is 16.1 Å². The van der Waals surface area contributed by atoms with E-state index in [2.05, 4.69) is 21.6 Å². The number of benzene rings is 1. The highest BCUT2D eigenvalue weighted by atomic mass is 32.2. The number of nitrogens with one attached hydrogen (secondary N) is 2. The van der Waals surface area contributed by atoms with Gasteiger partial charge >= 0.3 is 6.09 Å². The van der Waals surface area contributed by atoms with Gasteiger partial charge in [0, 0.05) is 0 Å². The summed E-state index contributed by atoms with van der Waals surface area (Å²) in [6, 6.07) is 7.80. The van der Waals surface area contributed by atoms with Gasteiger partial charge in [-0.1, -0.05) is 24.3 Å². The molecule has 0 bridgehead atoms. The van der Waals surface area contributed by atoms with Crippen LogP contribution in [-0.2, 0) is 14.8 Å². The van der Waals surface area contributed by atoms with E-state index in [0.717, 1.165) is 5.12 Å². The molecular formula is C12H17N3O4S. The van der Waals surface area contributed by atoms with Crippen molar-refractivity contribution in [3.05, 3.63) is 43.0 Å². The number of hydrazine groups is 2. The lowest BCUT2D eigenvalue weighted by atomic mass is 10.4. The van der Waals surface area contributed by atoms with Gasteiger partial charge < -0.3 is 4.74 Å². The molecule has 0 saturated carbocycles. The van der Waals surface area contributed by atoms with Gasteiger partial charge in [-0.15, -0.1) is 16.5 Å². The highest BCUT2D eigenvalue weighted by Gasteiger charge is 2.18. The molecule has 1 rings (SSSR count). The van der Waals surface area contributed by atoms with Gasteiger partial charge in [0.05, 0.1) is 18.0 Å². The van der Waals surface area contributed by atoms with E-state index in [1.165, 1.54) is 18.2 Å². The summed E-state index contributed by atoms with van der Waals surface area (Å²) >= 11 is 0. The molecule has 0 spiro atoms. The summed E-state index contributed by atoms with van der Waals surface area (Å²) < 4.78 is 28.8. The van der Waals surface area contributed by atoms with E-state index in [0.29, 0.717) is 0 Å². The zero-order valence-corrected chi connectivity index (χ0v) is 11.9. The van der Waals surface area contributed by atoms with Crippen LogP contribution in [0, 0.1) is 0 Å². The maximum Gasteiger partial charge on any atom is 0.422 e. The topological polar surface area (TPSA) is 87.7 Å². The molecule has 1 aromatic carbocycles. The molecule has 1 amide bonds. The van der Waals surface area contributed by atoms with Gasteiger partial charge in [-0.05, 0) is 19.1 Å². The van der Waals surface area contributed by atoms with Crippen LogP contribution in [0.1, 0.15) is 6.92 Å². The molecule has 0 radical (unpaired) electrons. The van der Waals surface area contributed by atoms with E-state index in [9.17, 15) is 13.2 Å². The van der Waals surface area contributed by atoms with Gasteiger partial charge in [-0.2, -0.15) is 0 Å². The van der Waals surface area contributed by atoms with E-state index >= 15 is 0 Å². The molecule has 0 aliphatic rings. The second kappa shape index (κ2) is 7.63. The van der Waals surface area contributed by atoms with E-state index < -0.39 is 16.1 Å². The first-order chi connectivity index (χ1) is 9.49. The van der Waals surface area contributed by atoms with Crippen LogP contribution in [0.4, 0.5) is 4.79 Å². The van der Waals surface area contributed by atoms with Crippen molar-refractivity contribution in [3.63, 3.8) is 0 Å². The zero-order valence-electron chi connectivity index (χ0n) is 11.1. The Morgan fingerprint density at radius 2 is 2.05 bits per heavy atom. The third-order valence-corrected chi connectivity index (χ3v) is 3.45. The van der Waals surface area contributed by atoms with Crippen molar-refractivity contribution in [2.75, 3.05) is 13.2 Å². The van der Waals surface area contributed by atoms with Gasteiger partial charge in [0.25, 0.3) is 10.0 Å². The smallest absolute Gasteiger partial charge is 0.422 e. The van der Waals surface area contributed by atoms with Crippen LogP contribution in [0.15, 0.2) is 47.9 Å².